The number of hydrogen-bond acceptors (Lipinski definition) is 1. The quantitative estimate of drug-likeness (QED) is 0.846. The molecule has 1 N–H and O–H groups in total. The average Bonchev–Trinajstić information content (AvgIpc) is 2.79. The molecule has 1 saturated heterocycles. The minimum absolute atomic E-state index is 0.666. The van der Waals surface area contributed by atoms with E-state index in [9.17, 15) is 0 Å². The SMILES string of the molecule is Clc1cc(CC2CCCCN2)cc2c1CCC2. The molecule has 1 heterocycles. The van der Waals surface area contributed by atoms with E-state index < -0.39 is 0 Å². The first kappa shape index (κ1) is 11.6. The molecule has 1 atom stereocenters. The molecule has 0 saturated carbocycles. The number of benzene rings is 1. The lowest BCUT2D eigenvalue weighted by atomic mass is 9.96. The fourth-order valence-corrected chi connectivity index (χ4v) is 3.57. The van der Waals surface area contributed by atoms with Crippen molar-refractivity contribution in [1.82, 2.24) is 5.32 Å². The first-order valence-electron chi connectivity index (χ1n) is 6.86. The van der Waals surface area contributed by atoms with Crippen LogP contribution in [-0.2, 0) is 19.3 Å². The van der Waals surface area contributed by atoms with Crippen LogP contribution in [0.15, 0.2) is 12.1 Å². The second-order valence-corrected chi connectivity index (χ2v) is 5.83. The van der Waals surface area contributed by atoms with E-state index in [1.165, 1.54) is 61.8 Å². The van der Waals surface area contributed by atoms with Gasteiger partial charge in [0.05, 0.1) is 0 Å². The molecule has 17 heavy (non-hydrogen) atoms. The third-order valence-corrected chi connectivity index (χ3v) is 4.45. The smallest absolute Gasteiger partial charge is 0.0443 e. The summed E-state index contributed by atoms with van der Waals surface area (Å²) in [5, 5.41) is 4.62. The molecule has 0 aromatic heterocycles. The molecule has 1 fully saturated rings. The Labute approximate surface area is 109 Å². The highest BCUT2D eigenvalue weighted by Gasteiger charge is 2.18. The van der Waals surface area contributed by atoms with Crippen LogP contribution in [0.1, 0.15) is 42.4 Å². The normalized spacial score (nSPS) is 23.7. The molecule has 0 radical (unpaired) electrons. The summed E-state index contributed by atoms with van der Waals surface area (Å²) in [6.45, 7) is 1.18. The Morgan fingerprint density at radius 2 is 2.12 bits per heavy atom. The summed E-state index contributed by atoms with van der Waals surface area (Å²) in [5.41, 5.74) is 4.34. The van der Waals surface area contributed by atoms with Gasteiger partial charge in [-0.25, -0.2) is 0 Å². The van der Waals surface area contributed by atoms with Crippen molar-refractivity contribution in [2.24, 2.45) is 0 Å². The van der Waals surface area contributed by atoms with Crippen LogP contribution < -0.4 is 5.32 Å². The lowest BCUT2D eigenvalue weighted by molar-refractivity contribution is 0.399. The van der Waals surface area contributed by atoms with Gasteiger partial charge in [-0.2, -0.15) is 0 Å². The predicted molar refractivity (Wildman–Crippen MR) is 72.8 cm³/mol. The highest BCUT2D eigenvalue weighted by atomic mass is 35.5. The maximum Gasteiger partial charge on any atom is 0.0443 e. The van der Waals surface area contributed by atoms with Gasteiger partial charge in [0.2, 0.25) is 0 Å². The molecule has 2 heteroatoms. The van der Waals surface area contributed by atoms with Crippen molar-refractivity contribution in [3.63, 3.8) is 0 Å². The van der Waals surface area contributed by atoms with Gasteiger partial charge in [0, 0.05) is 11.1 Å². The minimum Gasteiger partial charge on any atom is -0.314 e. The summed E-state index contributed by atoms with van der Waals surface area (Å²) in [6.07, 6.45) is 8.84. The maximum atomic E-state index is 6.37. The van der Waals surface area contributed by atoms with Crippen LogP contribution in [0, 0.1) is 0 Å². The number of hydrogen-bond donors (Lipinski definition) is 1. The third-order valence-electron chi connectivity index (χ3n) is 4.12. The van der Waals surface area contributed by atoms with Crippen molar-refractivity contribution in [2.45, 2.75) is 51.0 Å². The Kier molecular flexibility index (Phi) is 3.39. The number of piperidine rings is 1. The van der Waals surface area contributed by atoms with Gasteiger partial charge in [-0.05, 0) is 67.8 Å². The number of aryl methyl sites for hydroxylation is 1. The Hall–Kier alpha value is -0.530. The standard InChI is InChI=1S/C15H20ClN/c16-15-10-11(8-12-4-3-6-14(12)15)9-13-5-1-2-7-17-13/h8,10,13,17H,1-7,9H2. The van der Waals surface area contributed by atoms with Crippen LogP contribution in [0.2, 0.25) is 5.02 Å². The van der Waals surface area contributed by atoms with E-state index in [1.807, 2.05) is 0 Å². The number of fused-ring (bicyclic) bond motifs is 1. The molecule has 1 aromatic rings. The second-order valence-electron chi connectivity index (χ2n) is 5.42. The lowest BCUT2D eigenvalue weighted by Gasteiger charge is -2.23. The Balaban J connectivity index is 1.76. The summed E-state index contributed by atoms with van der Waals surface area (Å²) < 4.78 is 0. The zero-order valence-corrected chi connectivity index (χ0v) is 11.0. The molecule has 1 aliphatic carbocycles. The molecule has 3 rings (SSSR count). The van der Waals surface area contributed by atoms with Gasteiger partial charge in [0.1, 0.15) is 0 Å². The van der Waals surface area contributed by atoms with Gasteiger partial charge < -0.3 is 5.32 Å². The number of rotatable bonds is 2. The monoisotopic (exact) mass is 249 g/mol. The molecular weight excluding hydrogens is 230 g/mol. The molecule has 92 valence electrons. The van der Waals surface area contributed by atoms with E-state index >= 15 is 0 Å². The molecule has 1 aromatic carbocycles. The van der Waals surface area contributed by atoms with Gasteiger partial charge >= 0.3 is 0 Å². The zero-order valence-electron chi connectivity index (χ0n) is 10.3. The van der Waals surface area contributed by atoms with E-state index in [0.717, 1.165) is 11.4 Å². The Morgan fingerprint density at radius 1 is 1.18 bits per heavy atom. The fourth-order valence-electron chi connectivity index (χ4n) is 3.22. The first-order valence-corrected chi connectivity index (χ1v) is 7.24. The van der Waals surface area contributed by atoms with Crippen molar-refractivity contribution >= 4 is 11.6 Å². The minimum atomic E-state index is 0.666. The molecule has 1 aliphatic heterocycles. The number of halogens is 1. The molecule has 0 amide bonds. The van der Waals surface area contributed by atoms with Crippen LogP contribution >= 0.6 is 11.6 Å². The number of nitrogens with one attached hydrogen (secondary N) is 1. The van der Waals surface area contributed by atoms with Gasteiger partial charge in [-0.3, -0.25) is 0 Å². The third kappa shape index (κ3) is 2.51. The van der Waals surface area contributed by atoms with Crippen molar-refractivity contribution in [2.75, 3.05) is 6.54 Å². The van der Waals surface area contributed by atoms with Crippen molar-refractivity contribution in [1.29, 1.82) is 0 Å². The Morgan fingerprint density at radius 3 is 2.94 bits per heavy atom. The molecule has 0 bridgehead atoms. The van der Waals surface area contributed by atoms with Crippen LogP contribution in [0.4, 0.5) is 0 Å². The highest BCUT2D eigenvalue weighted by Crippen LogP contribution is 2.30. The largest absolute Gasteiger partial charge is 0.314 e. The lowest BCUT2D eigenvalue weighted by Crippen LogP contribution is -2.35. The van der Waals surface area contributed by atoms with E-state index in [4.69, 9.17) is 11.6 Å². The fraction of sp³-hybridized carbons (Fsp3) is 0.600. The summed E-state index contributed by atoms with van der Waals surface area (Å²) in [4.78, 5) is 0. The average molecular weight is 250 g/mol. The molecule has 1 unspecified atom stereocenters. The van der Waals surface area contributed by atoms with Crippen LogP contribution in [0.3, 0.4) is 0 Å². The summed E-state index contributed by atoms with van der Waals surface area (Å²) in [6, 6.07) is 5.26. The maximum absolute atomic E-state index is 6.37. The van der Waals surface area contributed by atoms with E-state index in [0.29, 0.717) is 6.04 Å². The van der Waals surface area contributed by atoms with Gasteiger partial charge in [0.15, 0.2) is 0 Å². The van der Waals surface area contributed by atoms with E-state index in [-0.39, 0.29) is 0 Å². The van der Waals surface area contributed by atoms with Gasteiger partial charge in [-0.1, -0.05) is 24.1 Å². The van der Waals surface area contributed by atoms with Crippen molar-refractivity contribution < 1.29 is 0 Å². The summed E-state index contributed by atoms with van der Waals surface area (Å²) in [7, 11) is 0. The molecule has 0 spiro atoms. The van der Waals surface area contributed by atoms with Gasteiger partial charge in [-0.15, -0.1) is 0 Å². The van der Waals surface area contributed by atoms with Crippen LogP contribution in [0.5, 0.6) is 0 Å². The van der Waals surface area contributed by atoms with Crippen molar-refractivity contribution in [3.8, 4) is 0 Å². The van der Waals surface area contributed by atoms with E-state index in [1.54, 1.807) is 0 Å². The zero-order chi connectivity index (χ0) is 11.7. The van der Waals surface area contributed by atoms with Crippen molar-refractivity contribution in [3.05, 3.63) is 33.8 Å². The van der Waals surface area contributed by atoms with E-state index in [2.05, 4.69) is 17.4 Å². The summed E-state index contributed by atoms with van der Waals surface area (Å²) in [5.74, 6) is 0. The highest BCUT2D eigenvalue weighted by molar-refractivity contribution is 6.31. The van der Waals surface area contributed by atoms with Crippen LogP contribution in [0.25, 0.3) is 0 Å². The summed E-state index contributed by atoms with van der Waals surface area (Å²) >= 11 is 6.37. The molecule has 1 nitrogen and oxygen atoms in total. The predicted octanol–water partition coefficient (Wildman–Crippen LogP) is 3.51. The topological polar surface area (TPSA) is 12.0 Å². The second kappa shape index (κ2) is 4.99. The van der Waals surface area contributed by atoms with Crippen LogP contribution in [-0.4, -0.2) is 12.6 Å². The Bertz CT molecular complexity index is 408. The molecule has 2 aliphatic rings. The first-order chi connectivity index (χ1) is 8.33. The molecular formula is C15H20ClN. The van der Waals surface area contributed by atoms with Gasteiger partial charge in [0.25, 0.3) is 0 Å².